The van der Waals surface area contributed by atoms with Crippen molar-refractivity contribution >= 4 is 56.4 Å². The van der Waals surface area contributed by atoms with Gasteiger partial charge in [-0.15, -0.1) is 0 Å². The fourth-order valence-electron chi connectivity index (χ4n) is 6.71. The highest BCUT2D eigenvalue weighted by Gasteiger charge is 2.20. The molecule has 3 heteroatoms. The highest BCUT2D eigenvalue weighted by Crippen LogP contribution is 2.41. The summed E-state index contributed by atoms with van der Waals surface area (Å²) >= 11 is 0. The molecule has 0 radical (unpaired) electrons. The van der Waals surface area contributed by atoms with Crippen LogP contribution in [0, 0.1) is 31.8 Å². The van der Waals surface area contributed by atoms with Crippen molar-refractivity contribution in [2.24, 2.45) is 0 Å². The molecular formula is C42H33N3. The number of benzene rings is 6. The molecule has 0 atom stereocenters. The van der Waals surface area contributed by atoms with Gasteiger partial charge in [-0.3, -0.25) is 0 Å². The summed E-state index contributed by atoms with van der Waals surface area (Å²) in [4.78, 5) is 6.21. The smallest absolute Gasteiger partial charge is 0.212 e. The fraction of sp³-hybridized carbons (Fsp3) is 0.143. The molecule has 0 amide bonds. The molecule has 3 nitrogen and oxygen atoms in total. The summed E-state index contributed by atoms with van der Waals surface area (Å²) in [6, 6.07) is 38.9. The van der Waals surface area contributed by atoms with E-state index in [4.69, 9.17) is 6.57 Å². The highest BCUT2D eigenvalue weighted by molar-refractivity contribution is 6.17. The van der Waals surface area contributed by atoms with E-state index < -0.39 is 0 Å². The molecule has 0 unspecified atom stereocenters. The molecule has 7 rings (SSSR count). The zero-order chi connectivity index (χ0) is 30.9. The van der Waals surface area contributed by atoms with E-state index in [0.717, 1.165) is 62.5 Å². The standard InChI is InChI=1S/C42H33N3/c1-28-11-19-33(20-12-28)45(41-10-6-8-32-7-4-5-9-35(32)41)34-21-16-30(17-22-34)14-15-31-18-24-37-36-23-13-29(2)25-38(36)40(27-43)42(44-3)39(37)26-31/h6,8,10-26H,4-5,7,9H2,1-2H3. The number of anilines is 3. The minimum atomic E-state index is 0.421. The molecule has 1 aliphatic carbocycles. The second-order valence-corrected chi connectivity index (χ2v) is 12.0. The molecule has 0 aromatic heterocycles. The molecule has 0 fully saturated rings. The van der Waals surface area contributed by atoms with Crippen LogP contribution in [-0.4, -0.2) is 0 Å². The van der Waals surface area contributed by atoms with Crippen LogP contribution in [0.15, 0.2) is 103 Å². The molecule has 0 N–H and O–H groups in total. The van der Waals surface area contributed by atoms with Crippen LogP contribution in [0.1, 0.15) is 51.8 Å². The Balaban J connectivity index is 1.25. The zero-order valence-electron chi connectivity index (χ0n) is 25.6. The Kier molecular flexibility index (Phi) is 7.38. The van der Waals surface area contributed by atoms with E-state index in [1.54, 1.807) is 0 Å². The normalized spacial score (nSPS) is 12.6. The molecule has 216 valence electrons. The van der Waals surface area contributed by atoms with Gasteiger partial charge in [0, 0.05) is 17.1 Å². The van der Waals surface area contributed by atoms with Gasteiger partial charge in [-0.25, -0.2) is 4.85 Å². The molecule has 45 heavy (non-hydrogen) atoms. The van der Waals surface area contributed by atoms with Gasteiger partial charge in [0.25, 0.3) is 0 Å². The van der Waals surface area contributed by atoms with Crippen LogP contribution in [0.3, 0.4) is 0 Å². The minimum absolute atomic E-state index is 0.421. The van der Waals surface area contributed by atoms with E-state index in [1.807, 2.05) is 19.1 Å². The monoisotopic (exact) mass is 579 g/mol. The molecule has 6 aromatic carbocycles. The van der Waals surface area contributed by atoms with Gasteiger partial charge in [-0.05, 0) is 114 Å². The van der Waals surface area contributed by atoms with Gasteiger partial charge in [0.05, 0.1) is 18.2 Å². The van der Waals surface area contributed by atoms with Gasteiger partial charge in [-0.1, -0.05) is 96.1 Å². The third-order valence-electron chi connectivity index (χ3n) is 9.02. The molecule has 0 saturated heterocycles. The Morgan fingerprint density at radius 1 is 0.689 bits per heavy atom. The fourth-order valence-corrected chi connectivity index (χ4v) is 6.71. The third kappa shape index (κ3) is 5.24. The van der Waals surface area contributed by atoms with Crippen molar-refractivity contribution in [1.29, 1.82) is 5.26 Å². The molecule has 0 bridgehead atoms. The highest BCUT2D eigenvalue weighted by atomic mass is 15.1. The summed E-state index contributed by atoms with van der Waals surface area (Å²) in [5, 5.41) is 13.6. The van der Waals surface area contributed by atoms with Crippen molar-refractivity contribution < 1.29 is 0 Å². The van der Waals surface area contributed by atoms with E-state index in [1.165, 1.54) is 35.2 Å². The maximum absolute atomic E-state index is 9.99. The second-order valence-electron chi connectivity index (χ2n) is 12.0. The van der Waals surface area contributed by atoms with Crippen molar-refractivity contribution in [3.63, 3.8) is 0 Å². The van der Waals surface area contributed by atoms with Gasteiger partial charge in [0.2, 0.25) is 5.69 Å². The largest absolute Gasteiger partial charge is 0.310 e. The van der Waals surface area contributed by atoms with E-state index in [2.05, 4.69) is 126 Å². The molecule has 0 spiro atoms. The number of nitriles is 1. The molecule has 0 saturated carbocycles. The van der Waals surface area contributed by atoms with Gasteiger partial charge in [0.1, 0.15) is 0 Å². The molecule has 0 aliphatic heterocycles. The topological polar surface area (TPSA) is 31.4 Å². The third-order valence-corrected chi connectivity index (χ3v) is 9.02. The molecule has 0 heterocycles. The summed E-state index contributed by atoms with van der Waals surface area (Å²) in [5.74, 6) is 0. The van der Waals surface area contributed by atoms with E-state index in [9.17, 15) is 5.26 Å². The summed E-state index contributed by atoms with van der Waals surface area (Å²) < 4.78 is 0. The number of rotatable bonds is 5. The lowest BCUT2D eigenvalue weighted by molar-refractivity contribution is 0.686. The minimum Gasteiger partial charge on any atom is -0.310 e. The van der Waals surface area contributed by atoms with E-state index in [0.29, 0.717) is 11.3 Å². The lowest BCUT2D eigenvalue weighted by Crippen LogP contribution is -2.15. The van der Waals surface area contributed by atoms with Gasteiger partial charge >= 0.3 is 0 Å². The Morgan fingerprint density at radius 3 is 2.09 bits per heavy atom. The Labute approximate surface area is 265 Å². The predicted octanol–water partition coefficient (Wildman–Crippen LogP) is 11.6. The summed E-state index contributed by atoms with van der Waals surface area (Å²) in [5.41, 5.74) is 11.8. The van der Waals surface area contributed by atoms with Crippen molar-refractivity contribution in [3.8, 4) is 6.07 Å². The Hall–Kier alpha value is -5.64. The van der Waals surface area contributed by atoms with Crippen molar-refractivity contribution in [2.75, 3.05) is 4.90 Å². The average Bonchev–Trinajstić information content (AvgIpc) is 3.08. The molecular weight excluding hydrogens is 546 g/mol. The first-order valence-electron chi connectivity index (χ1n) is 15.6. The van der Waals surface area contributed by atoms with Crippen LogP contribution < -0.4 is 4.90 Å². The van der Waals surface area contributed by atoms with E-state index >= 15 is 0 Å². The summed E-state index contributed by atoms with van der Waals surface area (Å²) in [6.45, 7) is 12.0. The summed E-state index contributed by atoms with van der Waals surface area (Å²) in [6.07, 6.45) is 8.94. The van der Waals surface area contributed by atoms with E-state index in [-0.39, 0.29) is 0 Å². The van der Waals surface area contributed by atoms with Crippen molar-refractivity contribution in [1.82, 2.24) is 0 Å². The lowest BCUT2D eigenvalue weighted by Gasteiger charge is -2.30. The quantitative estimate of drug-likeness (QED) is 0.116. The second kappa shape index (κ2) is 11.8. The Bertz CT molecular complexity index is 2190. The lowest BCUT2D eigenvalue weighted by atomic mass is 9.90. The first-order valence-corrected chi connectivity index (χ1v) is 15.6. The average molecular weight is 580 g/mol. The number of aryl methyl sites for hydroxylation is 3. The number of nitrogens with zero attached hydrogens (tertiary/aromatic N) is 3. The van der Waals surface area contributed by atoms with Crippen LogP contribution in [-0.2, 0) is 12.8 Å². The number of fused-ring (bicyclic) bond motifs is 4. The zero-order valence-corrected chi connectivity index (χ0v) is 25.6. The molecule has 1 aliphatic rings. The maximum Gasteiger partial charge on any atom is 0.212 e. The first kappa shape index (κ1) is 28.1. The van der Waals surface area contributed by atoms with Crippen LogP contribution in [0.2, 0.25) is 0 Å². The number of hydrogen-bond donors (Lipinski definition) is 0. The molecule has 6 aromatic rings. The maximum atomic E-state index is 9.99. The number of hydrogen-bond acceptors (Lipinski definition) is 2. The summed E-state index contributed by atoms with van der Waals surface area (Å²) in [7, 11) is 0. The first-order chi connectivity index (χ1) is 22.0. The van der Waals surface area contributed by atoms with Crippen LogP contribution in [0.4, 0.5) is 22.7 Å². The van der Waals surface area contributed by atoms with Crippen molar-refractivity contribution in [2.45, 2.75) is 39.5 Å². The van der Waals surface area contributed by atoms with Gasteiger partial charge in [-0.2, -0.15) is 5.26 Å². The van der Waals surface area contributed by atoms with Crippen molar-refractivity contribution in [3.05, 3.63) is 153 Å². The van der Waals surface area contributed by atoms with Crippen LogP contribution >= 0.6 is 0 Å². The predicted molar refractivity (Wildman–Crippen MR) is 189 cm³/mol. The van der Waals surface area contributed by atoms with Gasteiger partial charge < -0.3 is 4.90 Å². The van der Waals surface area contributed by atoms with Crippen LogP contribution in [0.25, 0.3) is 38.5 Å². The van der Waals surface area contributed by atoms with Crippen LogP contribution in [0.5, 0.6) is 0 Å². The van der Waals surface area contributed by atoms with Gasteiger partial charge in [0.15, 0.2) is 0 Å². The Morgan fingerprint density at radius 2 is 1.33 bits per heavy atom. The SMILES string of the molecule is [C-]#[N+]c1c(C#N)c2cc(C)ccc2c2ccc(C=Cc3ccc(N(c4ccc(C)cc4)c4cccc5c4CCCC5)cc3)cc12.